The maximum Gasteiger partial charge on any atom is 0.0249 e. The first-order valence-electron chi connectivity index (χ1n) is 7.23. The van der Waals surface area contributed by atoms with E-state index in [9.17, 15) is 0 Å². The van der Waals surface area contributed by atoms with Crippen molar-refractivity contribution in [3.05, 3.63) is 0 Å². The van der Waals surface area contributed by atoms with Gasteiger partial charge < -0.3 is 5.32 Å². The van der Waals surface area contributed by atoms with E-state index in [-0.39, 0.29) is 0 Å². The molecule has 2 rings (SSSR count). The quantitative estimate of drug-likeness (QED) is 0.746. The zero-order valence-electron chi connectivity index (χ0n) is 11.2. The highest BCUT2D eigenvalue weighted by Crippen LogP contribution is 2.39. The van der Waals surface area contributed by atoms with Crippen LogP contribution in [-0.2, 0) is 0 Å². The van der Waals surface area contributed by atoms with Gasteiger partial charge in [-0.05, 0) is 45.1 Å². The number of rotatable bonds is 6. The number of likely N-dealkylation sites (N-methyl/N-ethyl adjacent to an activating group) is 1. The van der Waals surface area contributed by atoms with Crippen LogP contribution in [0, 0.1) is 5.92 Å². The van der Waals surface area contributed by atoms with Gasteiger partial charge in [-0.25, -0.2) is 0 Å². The van der Waals surface area contributed by atoms with Gasteiger partial charge in [0.25, 0.3) is 0 Å². The molecule has 4 unspecified atom stereocenters. The molecule has 1 N–H and O–H groups in total. The van der Waals surface area contributed by atoms with E-state index in [0.29, 0.717) is 6.04 Å². The summed E-state index contributed by atoms with van der Waals surface area (Å²) in [4.78, 5) is 2.82. The number of hydrogen-bond donors (Lipinski definition) is 1. The Morgan fingerprint density at radius 1 is 1.31 bits per heavy atom. The van der Waals surface area contributed by atoms with E-state index in [2.05, 4.69) is 31.1 Å². The third kappa shape index (κ3) is 2.28. The molecule has 4 atom stereocenters. The SMILES string of the molecule is CCCC(NC)C(CC)N1CC2CCC1C2. The summed E-state index contributed by atoms with van der Waals surface area (Å²) >= 11 is 0. The van der Waals surface area contributed by atoms with Crippen molar-refractivity contribution in [2.24, 2.45) is 5.92 Å². The Bertz CT molecular complexity index is 217. The van der Waals surface area contributed by atoms with Gasteiger partial charge in [0.2, 0.25) is 0 Å². The summed E-state index contributed by atoms with van der Waals surface area (Å²) in [6, 6.07) is 2.40. The molecular weight excluding hydrogens is 196 g/mol. The predicted octanol–water partition coefficient (Wildman–Crippen LogP) is 2.64. The Morgan fingerprint density at radius 2 is 2.12 bits per heavy atom. The van der Waals surface area contributed by atoms with Crippen molar-refractivity contribution in [1.29, 1.82) is 0 Å². The molecular formula is C14H28N2. The fourth-order valence-corrected chi connectivity index (χ4v) is 3.96. The van der Waals surface area contributed by atoms with Crippen LogP contribution in [0.4, 0.5) is 0 Å². The van der Waals surface area contributed by atoms with Crippen molar-refractivity contribution in [3.8, 4) is 0 Å². The second-order valence-corrected chi connectivity index (χ2v) is 5.69. The third-order valence-electron chi connectivity index (χ3n) is 4.73. The van der Waals surface area contributed by atoms with Crippen molar-refractivity contribution < 1.29 is 0 Å². The largest absolute Gasteiger partial charge is 0.315 e. The monoisotopic (exact) mass is 224 g/mol. The van der Waals surface area contributed by atoms with Crippen LogP contribution < -0.4 is 5.32 Å². The Balaban J connectivity index is 1.98. The zero-order chi connectivity index (χ0) is 11.5. The third-order valence-corrected chi connectivity index (χ3v) is 4.73. The smallest absolute Gasteiger partial charge is 0.0249 e. The van der Waals surface area contributed by atoms with E-state index in [4.69, 9.17) is 0 Å². The second-order valence-electron chi connectivity index (χ2n) is 5.69. The fraction of sp³-hybridized carbons (Fsp3) is 1.00. The highest BCUT2D eigenvalue weighted by Gasteiger charge is 2.41. The highest BCUT2D eigenvalue weighted by molar-refractivity contribution is 4.97. The lowest BCUT2D eigenvalue weighted by Crippen LogP contribution is -2.51. The maximum atomic E-state index is 3.55. The summed E-state index contributed by atoms with van der Waals surface area (Å²) < 4.78 is 0. The second kappa shape index (κ2) is 5.50. The number of likely N-dealkylation sites (tertiary alicyclic amines) is 1. The lowest BCUT2D eigenvalue weighted by Gasteiger charge is -2.39. The van der Waals surface area contributed by atoms with Crippen LogP contribution in [0.3, 0.4) is 0 Å². The summed E-state index contributed by atoms with van der Waals surface area (Å²) in [6.45, 7) is 6.04. The van der Waals surface area contributed by atoms with Gasteiger partial charge >= 0.3 is 0 Å². The molecule has 1 aliphatic heterocycles. The van der Waals surface area contributed by atoms with Crippen LogP contribution >= 0.6 is 0 Å². The van der Waals surface area contributed by atoms with Crippen molar-refractivity contribution in [2.75, 3.05) is 13.6 Å². The molecule has 0 amide bonds. The fourth-order valence-electron chi connectivity index (χ4n) is 3.96. The van der Waals surface area contributed by atoms with E-state index in [1.165, 1.54) is 45.1 Å². The van der Waals surface area contributed by atoms with Crippen molar-refractivity contribution in [1.82, 2.24) is 10.2 Å². The summed E-state index contributed by atoms with van der Waals surface area (Å²) in [6.07, 6.45) is 8.36. The van der Waals surface area contributed by atoms with Gasteiger partial charge in [0.1, 0.15) is 0 Å². The van der Waals surface area contributed by atoms with Crippen LogP contribution in [-0.4, -0.2) is 36.6 Å². The van der Waals surface area contributed by atoms with Gasteiger partial charge in [0, 0.05) is 24.7 Å². The minimum absolute atomic E-state index is 0.703. The summed E-state index contributed by atoms with van der Waals surface area (Å²) in [5.41, 5.74) is 0. The van der Waals surface area contributed by atoms with E-state index in [1.807, 2.05) is 0 Å². The molecule has 1 aliphatic carbocycles. The lowest BCUT2D eigenvalue weighted by atomic mass is 9.97. The molecule has 2 bridgehead atoms. The maximum absolute atomic E-state index is 3.55. The number of fused-ring (bicyclic) bond motifs is 2. The van der Waals surface area contributed by atoms with Gasteiger partial charge in [-0.15, -0.1) is 0 Å². The predicted molar refractivity (Wildman–Crippen MR) is 69.7 cm³/mol. The number of hydrogen-bond acceptors (Lipinski definition) is 2. The molecule has 2 fully saturated rings. The molecule has 0 aromatic heterocycles. The average Bonchev–Trinajstić information content (AvgIpc) is 2.91. The summed E-state index contributed by atoms with van der Waals surface area (Å²) in [5, 5.41) is 3.55. The Kier molecular flexibility index (Phi) is 4.26. The molecule has 2 aliphatic rings. The van der Waals surface area contributed by atoms with E-state index < -0.39 is 0 Å². The van der Waals surface area contributed by atoms with E-state index in [1.54, 1.807) is 0 Å². The molecule has 94 valence electrons. The standard InChI is InChI=1S/C14H28N2/c1-4-6-13(15-3)14(5-2)16-10-11-7-8-12(16)9-11/h11-15H,4-10H2,1-3H3. The van der Waals surface area contributed by atoms with Crippen molar-refractivity contribution in [3.63, 3.8) is 0 Å². The molecule has 0 spiro atoms. The minimum Gasteiger partial charge on any atom is -0.315 e. The number of nitrogens with one attached hydrogen (secondary N) is 1. The molecule has 1 saturated heterocycles. The van der Waals surface area contributed by atoms with Crippen LogP contribution in [0.2, 0.25) is 0 Å². The first-order chi connectivity index (χ1) is 7.80. The average molecular weight is 224 g/mol. The van der Waals surface area contributed by atoms with Crippen LogP contribution in [0.5, 0.6) is 0 Å². The van der Waals surface area contributed by atoms with Gasteiger partial charge in [-0.1, -0.05) is 20.3 Å². The Labute approximate surface area is 101 Å². The lowest BCUT2D eigenvalue weighted by molar-refractivity contribution is 0.113. The van der Waals surface area contributed by atoms with Crippen molar-refractivity contribution >= 4 is 0 Å². The molecule has 0 aromatic carbocycles. The number of piperidine rings is 1. The molecule has 16 heavy (non-hydrogen) atoms. The highest BCUT2D eigenvalue weighted by atomic mass is 15.2. The molecule has 2 heteroatoms. The van der Waals surface area contributed by atoms with Crippen LogP contribution in [0.15, 0.2) is 0 Å². The first-order valence-corrected chi connectivity index (χ1v) is 7.23. The number of nitrogens with zero attached hydrogens (tertiary/aromatic N) is 1. The van der Waals surface area contributed by atoms with Gasteiger partial charge in [0.15, 0.2) is 0 Å². The van der Waals surface area contributed by atoms with Crippen molar-refractivity contribution in [2.45, 2.75) is 70.5 Å². The van der Waals surface area contributed by atoms with E-state index >= 15 is 0 Å². The topological polar surface area (TPSA) is 15.3 Å². The minimum atomic E-state index is 0.703. The molecule has 1 saturated carbocycles. The van der Waals surface area contributed by atoms with Crippen LogP contribution in [0.25, 0.3) is 0 Å². The normalized spacial score (nSPS) is 33.2. The van der Waals surface area contributed by atoms with Crippen LogP contribution in [0.1, 0.15) is 52.4 Å². The molecule has 2 nitrogen and oxygen atoms in total. The summed E-state index contributed by atoms with van der Waals surface area (Å²) in [5.74, 6) is 1.03. The molecule has 1 heterocycles. The Hall–Kier alpha value is -0.0800. The summed E-state index contributed by atoms with van der Waals surface area (Å²) in [7, 11) is 2.14. The Morgan fingerprint density at radius 3 is 2.56 bits per heavy atom. The molecule has 0 radical (unpaired) electrons. The zero-order valence-corrected chi connectivity index (χ0v) is 11.2. The molecule has 0 aromatic rings. The van der Waals surface area contributed by atoms with E-state index in [0.717, 1.165) is 18.0 Å². The van der Waals surface area contributed by atoms with Gasteiger partial charge in [-0.2, -0.15) is 0 Å². The first kappa shape index (κ1) is 12.4. The van der Waals surface area contributed by atoms with Gasteiger partial charge in [0.05, 0.1) is 0 Å². The van der Waals surface area contributed by atoms with Gasteiger partial charge in [-0.3, -0.25) is 4.90 Å².